The number of carbonyl (C=O) groups is 1. The first-order chi connectivity index (χ1) is 19.2. The SMILES string of the molecule is CNCC(CC(C)C)NC(=O)N1CCC[C@@H]([C@@](O)(CCCCOC)c2cc(F)cc(F)c2Oc2ccccc2)C1. The molecule has 1 aliphatic heterocycles. The number of aliphatic hydroxyl groups is 1. The van der Waals surface area contributed by atoms with Crippen LogP contribution < -0.4 is 15.4 Å². The van der Waals surface area contributed by atoms with Gasteiger partial charge in [0.15, 0.2) is 11.6 Å². The van der Waals surface area contributed by atoms with Crippen molar-refractivity contribution in [3.05, 3.63) is 59.7 Å². The Labute approximate surface area is 237 Å². The number of likely N-dealkylation sites (tertiary alicyclic amines) is 1. The van der Waals surface area contributed by atoms with E-state index in [1.54, 1.807) is 36.3 Å². The summed E-state index contributed by atoms with van der Waals surface area (Å²) in [5.74, 6) is -1.55. The Morgan fingerprint density at radius 3 is 2.62 bits per heavy atom. The summed E-state index contributed by atoms with van der Waals surface area (Å²) in [6, 6.07) is 10.4. The smallest absolute Gasteiger partial charge is 0.317 e. The molecule has 0 saturated carbocycles. The van der Waals surface area contributed by atoms with E-state index in [-0.39, 0.29) is 36.4 Å². The minimum Gasteiger partial charge on any atom is -0.454 e. The monoisotopic (exact) mass is 561 g/mol. The number of halogens is 2. The van der Waals surface area contributed by atoms with Crippen LogP contribution in [0.4, 0.5) is 13.6 Å². The molecule has 9 heteroatoms. The van der Waals surface area contributed by atoms with Crippen molar-refractivity contribution in [2.75, 3.05) is 40.4 Å². The first-order valence-electron chi connectivity index (χ1n) is 14.3. The van der Waals surface area contributed by atoms with E-state index in [0.29, 0.717) is 57.0 Å². The second kappa shape index (κ2) is 15.3. The molecule has 3 N–H and O–H groups in total. The second-order valence-electron chi connectivity index (χ2n) is 11.2. The van der Waals surface area contributed by atoms with Crippen LogP contribution in [0, 0.1) is 23.5 Å². The van der Waals surface area contributed by atoms with Gasteiger partial charge in [-0.1, -0.05) is 32.0 Å². The van der Waals surface area contributed by atoms with Gasteiger partial charge in [-0.05, 0) is 69.7 Å². The Hall–Kier alpha value is -2.75. The second-order valence-corrected chi connectivity index (χ2v) is 11.2. The quantitative estimate of drug-likeness (QED) is 0.253. The zero-order valence-corrected chi connectivity index (χ0v) is 24.2. The number of unbranched alkanes of at least 4 members (excludes halogenated alkanes) is 1. The van der Waals surface area contributed by atoms with Gasteiger partial charge >= 0.3 is 6.03 Å². The molecule has 1 unspecified atom stereocenters. The van der Waals surface area contributed by atoms with Crippen molar-refractivity contribution < 1.29 is 28.2 Å². The summed E-state index contributed by atoms with van der Waals surface area (Å²) in [6.45, 7) is 6.17. The van der Waals surface area contributed by atoms with Crippen LogP contribution in [-0.2, 0) is 10.3 Å². The Balaban J connectivity index is 1.93. The maximum atomic E-state index is 15.3. The number of nitrogens with zero attached hydrogens (tertiary/aromatic N) is 1. The molecular formula is C31H45F2N3O4. The number of methoxy groups -OCH3 is 1. The van der Waals surface area contributed by atoms with E-state index in [9.17, 15) is 14.3 Å². The highest BCUT2D eigenvalue weighted by Crippen LogP contribution is 2.45. The van der Waals surface area contributed by atoms with Crippen LogP contribution in [0.2, 0.25) is 0 Å². The largest absolute Gasteiger partial charge is 0.454 e. The number of hydrogen-bond acceptors (Lipinski definition) is 5. The number of para-hydroxylation sites is 1. The minimum absolute atomic E-state index is 0.0333. The topological polar surface area (TPSA) is 83.1 Å². The standard InChI is InChI=1S/C31H45F2N3O4/c1-22(2)17-25(20-34-3)35-30(37)36-15-10-11-23(21-36)31(38,14-8-9-16-39-4)27-18-24(32)19-28(33)29(27)40-26-12-6-5-7-13-26/h5-7,12-13,18-19,22-23,25,34,38H,8-11,14-17,20-21H2,1-4H3,(H,35,37)/t23-,25?,31+/m1/s1. The van der Waals surface area contributed by atoms with Crippen molar-refractivity contribution in [2.45, 2.75) is 64.0 Å². The van der Waals surface area contributed by atoms with Crippen LogP contribution >= 0.6 is 0 Å². The predicted octanol–water partition coefficient (Wildman–Crippen LogP) is 5.82. The number of piperidine rings is 1. The molecule has 0 aromatic heterocycles. The molecule has 2 amide bonds. The number of carbonyl (C=O) groups excluding carboxylic acids is 1. The molecule has 1 heterocycles. The van der Waals surface area contributed by atoms with Gasteiger partial charge in [-0.2, -0.15) is 0 Å². The highest BCUT2D eigenvalue weighted by molar-refractivity contribution is 5.74. The van der Waals surface area contributed by atoms with Crippen LogP contribution in [-0.4, -0.2) is 62.5 Å². The van der Waals surface area contributed by atoms with Crippen molar-refractivity contribution in [3.63, 3.8) is 0 Å². The van der Waals surface area contributed by atoms with Crippen molar-refractivity contribution in [1.29, 1.82) is 0 Å². The van der Waals surface area contributed by atoms with Gasteiger partial charge in [0.05, 0.1) is 5.60 Å². The van der Waals surface area contributed by atoms with Crippen LogP contribution in [0.1, 0.15) is 57.9 Å². The van der Waals surface area contributed by atoms with Gasteiger partial charge in [0.1, 0.15) is 11.6 Å². The van der Waals surface area contributed by atoms with E-state index >= 15 is 4.39 Å². The lowest BCUT2D eigenvalue weighted by atomic mass is 9.73. The zero-order valence-electron chi connectivity index (χ0n) is 24.2. The molecule has 40 heavy (non-hydrogen) atoms. The van der Waals surface area contributed by atoms with Crippen LogP contribution in [0.5, 0.6) is 11.5 Å². The van der Waals surface area contributed by atoms with Gasteiger partial charge in [0.2, 0.25) is 0 Å². The predicted molar refractivity (Wildman–Crippen MR) is 152 cm³/mol. The number of amides is 2. The van der Waals surface area contributed by atoms with Crippen LogP contribution in [0.3, 0.4) is 0 Å². The Bertz CT molecular complexity index is 1070. The summed E-state index contributed by atoms with van der Waals surface area (Å²) in [7, 11) is 3.46. The summed E-state index contributed by atoms with van der Waals surface area (Å²) in [4.78, 5) is 15.0. The first kappa shape index (κ1) is 31.8. The highest BCUT2D eigenvalue weighted by atomic mass is 19.1. The maximum absolute atomic E-state index is 15.3. The number of urea groups is 1. The molecule has 1 aliphatic rings. The van der Waals surface area contributed by atoms with E-state index in [4.69, 9.17) is 9.47 Å². The molecule has 0 spiro atoms. The van der Waals surface area contributed by atoms with Gasteiger partial charge in [-0.25, -0.2) is 13.6 Å². The number of benzene rings is 2. The molecule has 2 aromatic rings. The van der Waals surface area contributed by atoms with E-state index in [0.717, 1.165) is 12.5 Å². The Morgan fingerprint density at radius 2 is 1.95 bits per heavy atom. The fraction of sp³-hybridized carbons (Fsp3) is 0.581. The molecule has 1 fully saturated rings. The van der Waals surface area contributed by atoms with Crippen molar-refractivity contribution in [1.82, 2.24) is 15.5 Å². The van der Waals surface area contributed by atoms with Gasteiger partial charge in [0, 0.05) is 56.9 Å². The third kappa shape index (κ3) is 8.62. The normalized spacial score (nSPS) is 17.9. The van der Waals surface area contributed by atoms with Gasteiger partial charge in [-0.15, -0.1) is 0 Å². The van der Waals surface area contributed by atoms with Crippen molar-refractivity contribution in [2.24, 2.45) is 11.8 Å². The van der Waals surface area contributed by atoms with E-state index in [2.05, 4.69) is 24.5 Å². The fourth-order valence-corrected chi connectivity index (χ4v) is 5.62. The summed E-state index contributed by atoms with van der Waals surface area (Å²) in [6.07, 6.45) is 3.56. The van der Waals surface area contributed by atoms with Crippen LogP contribution in [0.25, 0.3) is 0 Å². The van der Waals surface area contributed by atoms with Crippen LogP contribution in [0.15, 0.2) is 42.5 Å². The molecular weight excluding hydrogens is 516 g/mol. The molecule has 7 nitrogen and oxygen atoms in total. The number of likely N-dealkylation sites (N-methyl/N-ethyl adjacent to an activating group) is 1. The summed E-state index contributed by atoms with van der Waals surface area (Å²) in [5, 5.41) is 18.6. The molecule has 3 atom stereocenters. The zero-order chi connectivity index (χ0) is 29.1. The Morgan fingerprint density at radius 1 is 1.20 bits per heavy atom. The minimum atomic E-state index is -1.64. The van der Waals surface area contributed by atoms with E-state index in [1.165, 1.54) is 6.07 Å². The average Bonchev–Trinajstić information content (AvgIpc) is 2.92. The summed E-state index contributed by atoms with van der Waals surface area (Å²) in [5.41, 5.74) is -1.58. The number of nitrogens with one attached hydrogen (secondary N) is 2. The number of hydrogen-bond donors (Lipinski definition) is 3. The average molecular weight is 562 g/mol. The molecule has 222 valence electrons. The van der Waals surface area contributed by atoms with Gasteiger partial charge in [0.25, 0.3) is 0 Å². The molecule has 0 aliphatic carbocycles. The van der Waals surface area contributed by atoms with E-state index < -0.39 is 23.2 Å². The molecule has 3 rings (SSSR count). The lowest BCUT2D eigenvalue weighted by molar-refractivity contribution is -0.0580. The summed E-state index contributed by atoms with van der Waals surface area (Å²) < 4.78 is 41.1. The van der Waals surface area contributed by atoms with E-state index in [1.807, 2.05) is 13.1 Å². The van der Waals surface area contributed by atoms with Crippen molar-refractivity contribution in [3.8, 4) is 11.5 Å². The summed E-state index contributed by atoms with van der Waals surface area (Å²) >= 11 is 0. The molecule has 0 bridgehead atoms. The third-order valence-corrected chi connectivity index (χ3v) is 7.51. The van der Waals surface area contributed by atoms with Crippen molar-refractivity contribution >= 4 is 6.03 Å². The maximum Gasteiger partial charge on any atom is 0.317 e. The first-order valence-corrected chi connectivity index (χ1v) is 14.3. The fourth-order valence-electron chi connectivity index (χ4n) is 5.62. The molecule has 2 aromatic carbocycles. The number of rotatable bonds is 14. The third-order valence-electron chi connectivity index (χ3n) is 7.51. The van der Waals surface area contributed by atoms with Gasteiger partial charge in [-0.3, -0.25) is 0 Å². The molecule has 0 radical (unpaired) electrons. The Kier molecular flexibility index (Phi) is 12.2. The highest BCUT2D eigenvalue weighted by Gasteiger charge is 2.44. The van der Waals surface area contributed by atoms with Gasteiger partial charge < -0.3 is 30.1 Å². The molecule has 1 saturated heterocycles. The lowest BCUT2D eigenvalue weighted by Crippen LogP contribution is -2.54. The number of ether oxygens (including phenoxy) is 2. The lowest BCUT2D eigenvalue weighted by Gasteiger charge is -2.43.